The smallest absolute Gasteiger partial charge is 0.333 e. The number of hydrogen-bond donors (Lipinski definition) is 0. The fourth-order valence-electron chi connectivity index (χ4n) is 2.43. The summed E-state index contributed by atoms with van der Waals surface area (Å²) in [6, 6.07) is 10.2. The largest absolute Gasteiger partial charge is 0.497 e. The van der Waals surface area contributed by atoms with Gasteiger partial charge in [0.05, 0.1) is 24.7 Å². The molecule has 0 heterocycles. The average molecular weight is 423 g/mol. The molecule has 0 aliphatic carbocycles. The molecule has 0 aliphatic heterocycles. The number of halogens is 2. The van der Waals surface area contributed by atoms with Crippen molar-refractivity contribution in [1.82, 2.24) is 0 Å². The number of methoxy groups -OCH3 is 1. The Bertz CT molecular complexity index is 869. The molecule has 0 amide bonds. The zero-order valence-electron chi connectivity index (χ0n) is 15.7. The SMILES string of the molecule is CCOC(=O)C(N=Nc1ccc(Cl)cc1Cl)C(C)C(=O)c1ccc(OC)cc1. The molecule has 0 aromatic heterocycles. The third-order valence-electron chi connectivity index (χ3n) is 3.99. The Labute approximate surface area is 173 Å². The number of benzene rings is 2. The molecule has 2 atom stereocenters. The van der Waals surface area contributed by atoms with E-state index >= 15 is 0 Å². The van der Waals surface area contributed by atoms with E-state index in [1.165, 1.54) is 6.07 Å². The van der Waals surface area contributed by atoms with E-state index in [0.717, 1.165) is 0 Å². The maximum atomic E-state index is 12.8. The highest BCUT2D eigenvalue weighted by atomic mass is 35.5. The van der Waals surface area contributed by atoms with E-state index in [1.54, 1.807) is 57.4 Å². The van der Waals surface area contributed by atoms with E-state index in [2.05, 4.69) is 10.2 Å². The predicted molar refractivity (Wildman–Crippen MR) is 108 cm³/mol. The fraction of sp³-hybridized carbons (Fsp3) is 0.300. The minimum Gasteiger partial charge on any atom is -0.497 e. The van der Waals surface area contributed by atoms with E-state index in [4.69, 9.17) is 32.7 Å². The quantitative estimate of drug-likeness (QED) is 0.318. The zero-order chi connectivity index (χ0) is 20.7. The van der Waals surface area contributed by atoms with Crippen molar-refractivity contribution in [2.75, 3.05) is 13.7 Å². The van der Waals surface area contributed by atoms with Gasteiger partial charge in [-0.25, -0.2) is 4.79 Å². The first kappa shape index (κ1) is 21.9. The second-order valence-electron chi connectivity index (χ2n) is 5.89. The summed E-state index contributed by atoms with van der Waals surface area (Å²) in [7, 11) is 1.54. The maximum absolute atomic E-state index is 12.8. The highest BCUT2D eigenvalue weighted by molar-refractivity contribution is 6.36. The molecule has 6 nitrogen and oxygen atoms in total. The Morgan fingerprint density at radius 3 is 2.36 bits per heavy atom. The van der Waals surface area contributed by atoms with Crippen LogP contribution in [0.2, 0.25) is 10.0 Å². The summed E-state index contributed by atoms with van der Waals surface area (Å²) in [5.74, 6) is -1.06. The molecule has 148 valence electrons. The van der Waals surface area contributed by atoms with E-state index in [-0.39, 0.29) is 17.4 Å². The van der Waals surface area contributed by atoms with E-state index in [9.17, 15) is 9.59 Å². The molecule has 2 aromatic carbocycles. The van der Waals surface area contributed by atoms with Gasteiger partial charge in [0.1, 0.15) is 11.4 Å². The minimum absolute atomic E-state index is 0.163. The van der Waals surface area contributed by atoms with Crippen molar-refractivity contribution in [2.24, 2.45) is 16.1 Å². The number of nitrogens with zero attached hydrogens (tertiary/aromatic N) is 2. The number of carbonyl (C=O) groups excluding carboxylic acids is 2. The fourth-order valence-corrected chi connectivity index (χ4v) is 2.87. The van der Waals surface area contributed by atoms with Crippen molar-refractivity contribution < 1.29 is 19.1 Å². The molecule has 0 radical (unpaired) electrons. The van der Waals surface area contributed by atoms with Gasteiger partial charge in [0, 0.05) is 10.6 Å². The van der Waals surface area contributed by atoms with Crippen LogP contribution in [0.4, 0.5) is 5.69 Å². The molecular weight excluding hydrogens is 403 g/mol. The first-order chi connectivity index (χ1) is 13.4. The van der Waals surface area contributed by atoms with Crippen LogP contribution in [0.1, 0.15) is 24.2 Å². The molecule has 0 spiro atoms. The molecular formula is C20H20Cl2N2O4. The Hall–Kier alpha value is -2.44. The first-order valence-electron chi connectivity index (χ1n) is 8.58. The van der Waals surface area contributed by atoms with Crippen molar-refractivity contribution in [3.05, 3.63) is 58.1 Å². The lowest BCUT2D eigenvalue weighted by Gasteiger charge is -2.17. The van der Waals surface area contributed by atoms with Gasteiger partial charge in [-0.05, 0) is 49.4 Å². The lowest BCUT2D eigenvalue weighted by molar-refractivity contribution is -0.145. The Kier molecular flexibility index (Phi) is 7.96. The van der Waals surface area contributed by atoms with Crippen LogP contribution in [0.3, 0.4) is 0 Å². The van der Waals surface area contributed by atoms with Gasteiger partial charge in [-0.15, -0.1) is 0 Å². The van der Waals surface area contributed by atoms with Crippen molar-refractivity contribution >= 4 is 40.6 Å². The number of carbonyl (C=O) groups is 2. The van der Waals surface area contributed by atoms with Gasteiger partial charge in [-0.2, -0.15) is 10.2 Å². The van der Waals surface area contributed by atoms with Crippen LogP contribution in [-0.4, -0.2) is 31.5 Å². The molecule has 2 rings (SSSR count). The Morgan fingerprint density at radius 2 is 1.79 bits per heavy atom. The second kappa shape index (κ2) is 10.2. The monoisotopic (exact) mass is 422 g/mol. The van der Waals surface area contributed by atoms with Crippen molar-refractivity contribution in [2.45, 2.75) is 19.9 Å². The summed E-state index contributed by atoms with van der Waals surface area (Å²) in [6.45, 7) is 3.45. The molecule has 8 heteroatoms. The third kappa shape index (κ3) is 5.53. The van der Waals surface area contributed by atoms with Gasteiger partial charge in [-0.3, -0.25) is 4.79 Å². The summed E-state index contributed by atoms with van der Waals surface area (Å²) in [4.78, 5) is 25.2. The lowest BCUT2D eigenvalue weighted by atomic mass is 9.93. The zero-order valence-corrected chi connectivity index (χ0v) is 17.2. The van der Waals surface area contributed by atoms with Crippen LogP contribution in [0, 0.1) is 5.92 Å². The van der Waals surface area contributed by atoms with Crippen LogP contribution >= 0.6 is 23.2 Å². The van der Waals surface area contributed by atoms with Crippen LogP contribution in [0.25, 0.3) is 0 Å². The standard InChI is InChI=1S/C20H20Cl2N2O4/c1-4-28-20(26)18(24-23-17-10-7-14(21)11-16(17)22)12(2)19(25)13-5-8-15(27-3)9-6-13/h5-12,18H,4H2,1-3H3. The van der Waals surface area contributed by atoms with Gasteiger partial charge in [0.2, 0.25) is 0 Å². The Balaban J connectivity index is 2.28. The second-order valence-corrected chi connectivity index (χ2v) is 6.73. The summed E-state index contributed by atoms with van der Waals surface area (Å²) >= 11 is 12.0. The predicted octanol–water partition coefficient (Wildman–Crippen LogP) is 5.54. The van der Waals surface area contributed by atoms with Gasteiger partial charge < -0.3 is 9.47 Å². The Morgan fingerprint density at radius 1 is 1.11 bits per heavy atom. The van der Waals surface area contributed by atoms with Crippen LogP contribution in [0.5, 0.6) is 5.75 Å². The number of Topliss-reactive ketones (excluding diaryl/α,β-unsaturated/α-hetero) is 1. The van der Waals surface area contributed by atoms with Gasteiger partial charge >= 0.3 is 5.97 Å². The molecule has 0 bridgehead atoms. The van der Waals surface area contributed by atoms with Crippen molar-refractivity contribution in [3.63, 3.8) is 0 Å². The van der Waals surface area contributed by atoms with Crippen LogP contribution in [0.15, 0.2) is 52.7 Å². The lowest BCUT2D eigenvalue weighted by Crippen LogP contribution is -2.33. The first-order valence-corrected chi connectivity index (χ1v) is 9.33. The highest BCUT2D eigenvalue weighted by Gasteiger charge is 2.32. The van der Waals surface area contributed by atoms with Gasteiger partial charge in [-0.1, -0.05) is 30.1 Å². The molecule has 0 N–H and O–H groups in total. The molecule has 2 aromatic rings. The number of ketones is 1. The normalized spacial score (nSPS) is 13.2. The number of azo groups is 1. The van der Waals surface area contributed by atoms with Gasteiger partial charge in [0.15, 0.2) is 11.8 Å². The van der Waals surface area contributed by atoms with Crippen LogP contribution in [-0.2, 0) is 9.53 Å². The molecule has 28 heavy (non-hydrogen) atoms. The molecule has 0 aliphatic rings. The topological polar surface area (TPSA) is 77.3 Å². The van der Waals surface area contributed by atoms with E-state index < -0.39 is 17.9 Å². The number of ether oxygens (including phenoxy) is 2. The van der Waals surface area contributed by atoms with Gasteiger partial charge in [0.25, 0.3) is 0 Å². The number of hydrogen-bond acceptors (Lipinski definition) is 6. The minimum atomic E-state index is -1.11. The van der Waals surface area contributed by atoms with Crippen molar-refractivity contribution in [3.8, 4) is 5.75 Å². The molecule has 0 fully saturated rings. The number of esters is 1. The average Bonchev–Trinajstić information content (AvgIpc) is 2.69. The molecule has 0 saturated carbocycles. The molecule has 2 unspecified atom stereocenters. The van der Waals surface area contributed by atoms with E-state index in [1.807, 2.05) is 0 Å². The summed E-state index contributed by atoms with van der Waals surface area (Å²) in [6.07, 6.45) is 0. The maximum Gasteiger partial charge on any atom is 0.333 e. The van der Waals surface area contributed by atoms with Crippen molar-refractivity contribution in [1.29, 1.82) is 0 Å². The number of rotatable bonds is 8. The van der Waals surface area contributed by atoms with Crippen LogP contribution < -0.4 is 4.74 Å². The molecule has 0 saturated heterocycles. The highest BCUT2D eigenvalue weighted by Crippen LogP contribution is 2.29. The third-order valence-corrected chi connectivity index (χ3v) is 4.53. The summed E-state index contributed by atoms with van der Waals surface area (Å²) in [5.41, 5.74) is 0.770. The summed E-state index contributed by atoms with van der Waals surface area (Å²) in [5, 5.41) is 8.83. The van der Waals surface area contributed by atoms with E-state index in [0.29, 0.717) is 22.0 Å². The summed E-state index contributed by atoms with van der Waals surface area (Å²) < 4.78 is 10.2.